The lowest BCUT2D eigenvalue weighted by Gasteiger charge is -2.39. The van der Waals surface area contributed by atoms with Crippen molar-refractivity contribution >= 4 is 44.4 Å². The Labute approximate surface area is 275 Å². The molecule has 1 saturated heterocycles. The van der Waals surface area contributed by atoms with Gasteiger partial charge in [0.05, 0.1) is 23.2 Å². The second-order valence-corrected chi connectivity index (χ2v) is 11.8. The van der Waals surface area contributed by atoms with Gasteiger partial charge >= 0.3 is 6.01 Å². The molecule has 4 aromatic carbocycles. The maximum Gasteiger partial charge on any atom is 0.328 e. The van der Waals surface area contributed by atoms with Crippen molar-refractivity contribution in [3.63, 3.8) is 0 Å². The number of pyridine rings is 1. The predicted molar refractivity (Wildman–Crippen MR) is 182 cm³/mol. The third-order valence-corrected chi connectivity index (χ3v) is 8.42. The molecule has 2 aromatic heterocycles. The molecule has 0 saturated carbocycles. The number of hydrogen-bond acceptors (Lipinski definition) is 9. The van der Waals surface area contributed by atoms with E-state index in [0.717, 1.165) is 47.2 Å². The molecule has 7 rings (SSSR count). The number of aromatic nitrogens is 4. The summed E-state index contributed by atoms with van der Waals surface area (Å²) in [4.78, 5) is 23.4. The smallest absolute Gasteiger partial charge is 0.328 e. The minimum atomic E-state index is 0.148. The lowest BCUT2D eigenvalue weighted by Crippen LogP contribution is -2.48. The first-order valence-corrected chi connectivity index (χ1v) is 15.8. The standard InChI is InChI=1S/C36H29BrN8O/c37-28-13-16-31-30(23-28)32(17-18-39-31)46-36-42-34(40-29-14-11-25(24-38)12-15-29)41-35(43-36)45-21-19-44(20-22-45)33(26-7-3-1-4-8-26)27-9-5-2-6-10-27/h1-18,23,33H,19-22H2,(H,40,41,42,43). The second kappa shape index (κ2) is 13.3. The van der Waals surface area contributed by atoms with E-state index in [-0.39, 0.29) is 12.1 Å². The van der Waals surface area contributed by atoms with Crippen molar-refractivity contribution in [2.75, 3.05) is 36.4 Å². The number of halogens is 1. The minimum absolute atomic E-state index is 0.148. The van der Waals surface area contributed by atoms with Crippen LogP contribution >= 0.6 is 15.9 Å². The first-order chi connectivity index (χ1) is 22.6. The number of hydrogen-bond donors (Lipinski definition) is 1. The molecule has 0 spiro atoms. The molecule has 46 heavy (non-hydrogen) atoms. The zero-order valence-electron chi connectivity index (χ0n) is 24.8. The van der Waals surface area contributed by atoms with Crippen LogP contribution in [0.5, 0.6) is 11.8 Å². The SMILES string of the molecule is N#Cc1ccc(Nc2nc(Oc3ccnc4ccc(Br)cc34)nc(N3CCN(C(c4ccccc4)c4ccccc4)CC3)n2)cc1. The third kappa shape index (κ3) is 6.52. The van der Waals surface area contributed by atoms with Crippen molar-refractivity contribution in [3.8, 4) is 17.8 Å². The summed E-state index contributed by atoms with van der Waals surface area (Å²) < 4.78 is 7.24. The second-order valence-electron chi connectivity index (χ2n) is 10.9. The number of piperazine rings is 1. The van der Waals surface area contributed by atoms with Crippen molar-refractivity contribution in [1.82, 2.24) is 24.8 Å². The first-order valence-electron chi connectivity index (χ1n) is 15.0. The zero-order chi connectivity index (χ0) is 31.3. The van der Waals surface area contributed by atoms with Crippen LogP contribution in [-0.4, -0.2) is 51.0 Å². The van der Waals surface area contributed by atoms with E-state index < -0.39 is 0 Å². The van der Waals surface area contributed by atoms with Gasteiger partial charge < -0.3 is 15.0 Å². The Morgan fingerprint density at radius 1 is 0.783 bits per heavy atom. The van der Waals surface area contributed by atoms with E-state index in [2.05, 4.69) is 108 Å². The first kappa shape index (κ1) is 29.3. The van der Waals surface area contributed by atoms with Gasteiger partial charge in [-0.1, -0.05) is 76.6 Å². The van der Waals surface area contributed by atoms with Gasteiger partial charge in [0.2, 0.25) is 11.9 Å². The lowest BCUT2D eigenvalue weighted by molar-refractivity contribution is 0.211. The number of anilines is 3. The fourth-order valence-corrected chi connectivity index (χ4v) is 6.05. The summed E-state index contributed by atoms with van der Waals surface area (Å²) in [6.45, 7) is 3.08. The van der Waals surface area contributed by atoms with E-state index in [0.29, 0.717) is 23.2 Å². The molecule has 0 bridgehead atoms. The highest BCUT2D eigenvalue weighted by atomic mass is 79.9. The Bertz CT molecular complexity index is 1950. The van der Waals surface area contributed by atoms with Gasteiger partial charge in [-0.3, -0.25) is 9.88 Å². The molecule has 1 aliphatic heterocycles. The van der Waals surface area contributed by atoms with Gasteiger partial charge in [0.15, 0.2) is 0 Å². The van der Waals surface area contributed by atoms with Crippen molar-refractivity contribution in [2.45, 2.75) is 6.04 Å². The van der Waals surface area contributed by atoms with Gasteiger partial charge in [-0.25, -0.2) is 0 Å². The van der Waals surface area contributed by atoms with E-state index >= 15 is 0 Å². The lowest BCUT2D eigenvalue weighted by atomic mass is 9.96. The van der Waals surface area contributed by atoms with Crippen LogP contribution in [0.15, 0.2) is 120 Å². The zero-order valence-corrected chi connectivity index (χ0v) is 26.4. The topological polar surface area (TPSA) is 103 Å². The number of benzene rings is 4. The molecule has 1 fully saturated rings. The highest BCUT2D eigenvalue weighted by Gasteiger charge is 2.28. The van der Waals surface area contributed by atoms with Crippen LogP contribution in [0, 0.1) is 11.3 Å². The van der Waals surface area contributed by atoms with Crippen molar-refractivity contribution in [1.29, 1.82) is 5.26 Å². The molecule has 10 heteroatoms. The molecular weight excluding hydrogens is 640 g/mol. The molecule has 0 unspecified atom stereocenters. The van der Waals surface area contributed by atoms with Gasteiger partial charge in [0, 0.05) is 47.9 Å². The molecule has 3 heterocycles. The molecule has 0 radical (unpaired) electrons. The highest BCUT2D eigenvalue weighted by Crippen LogP contribution is 2.32. The van der Waals surface area contributed by atoms with Crippen LogP contribution in [0.1, 0.15) is 22.7 Å². The molecule has 1 aliphatic rings. The average Bonchev–Trinajstić information content (AvgIpc) is 3.10. The van der Waals surface area contributed by atoms with E-state index in [9.17, 15) is 5.26 Å². The van der Waals surface area contributed by atoms with Crippen LogP contribution < -0.4 is 15.0 Å². The molecule has 0 aliphatic carbocycles. The van der Waals surface area contributed by atoms with Gasteiger partial charge in [0.25, 0.3) is 0 Å². The quantitative estimate of drug-likeness (QED) is 0.177. The summed E-state index contributed by atoms with van der Waals surface area (Å²) in [5, 5.41) is 13.3. The summed E-state index contributed by atoms with van der Waals surface area (Å²) in [6.07, 6.45) is 1.71. The number of nitrogens with one attached hydrogen (secondary N) is 1. The number of nitrogens with zero attached hydrogens (tertiary/aromatic N) is 7. The molecule has 0 amide bonds. The highest BCUT2D eigenvalue weighted by molar-refractivity contribution is 9.10. The van der Waals surface area contributed by atoms with Crippen molar-refractivity contribution in [3.05, 3.63) is 137 Å². The summed E-state index contributed by atoms with van der Waals surface area (Å²) in [7, 11) is 0. The van der Waals surface area contributed by atoms with Crippen molar-refractivity contribution in [2.24, 2.45) is 0 Å². The number of ether oxygens (including phenoxy) is 1. The minimum Gasteiger partial charge on any atom is -0.423 e. The summed E-state index contributed by atoms with van der Waals surface area (Å²) in [6, 6.07) is 38.5. The largest absolute Gasteiger partial charge is 0.423 e. The van der Waals surface area contributed by atoms with Gasteiger partial charge in [-0.05, 0) is 59.7 Å². The summed E-state index contributed by atoms with van der Waals surface area (Å²) in [5.41, 5.74) is 4.65. The van der Waals surface area contributed by atoms with Crippen LogP contribution in [0.25, 0.3) is 10.9 Å². The fraction of sp³-hybridized carbons (Fsp3) is 0.139. The third-order valence-electron chi connectivity index (χ3n) is 7.93. The van der Waals surface area contributed by atoms with Crippen LogP contribution in [0.2, 0.25) is 0 Å². The Morgan fingerprint density at radius 2 is 1.48 bits per heavy atom. The van der Waals surface area contributed by atoms with Gasteiger partial charge in [0.1, 0.15) is 5.75 Å². The van der Waals surface area contributed by atoms with Gasteiger partial charge in [-0.15, -0.1) is 0 Å². The predicted octanol–water partition coefficient (Wildman–Crippen LogP) is 7.50. The van der Waals surface area contributed by atoms with Crippen LogP contribution in [0.4, 0.5) is 17.6 Å². The Kier molecular flexibility index (Phi) is 8.50. The fourth-order valence-electron chi connectivity index (χ4n) is 5.69. The van der Waals surface area contributed by atoms with Crippen LogP contribution in [0.3, 0.4) is 0 Å². The maximum atomic E-state index is 9.21. The number of rotatable bonds is 8. The molecule has 0 atom stereocenters. The van der Waals surface area contributed by atoms with E-state index in [1.165, 1.54) is 11.1 Å². The molecule has 6 aromatic rings. The summed E-state index contributed by atoms with van der Waals surface area (Å²) in [5.74, 6) is 1.46. The monoisotopic (exact) mass is 668 g/mol. The van der Waals surface area contributed by atoms with Crippen LogP contribution in [-0.2, 0) is 0 Å². The molecule has 9 nitrogen and oxygen atoms in total. The molecule has 226 valence electrons. The normalized spacial score (nSPS) is 13.5. The maximum absolute atomic E-state index is 9.21. The number of fused-ring (bicyclic) bond motifs is 1. The summed E-state index contributed by atoms with van der Waals surface area (Å²) >= 11 is 3.55. The Morgan fingerprint density at radius 3 is 2.15 bits per heavy atom. The average molecular weight is 670 g/mol. The van der Waals surface area contributed by atoms with Gasteiger partial charge in [-0.2, -0.15) is 20.2 Å². The number of nitriles is 1. The van der Waals surface area contributed by atoms with Crippen molar-refractivity contribution < 1.29 is 4.74 Å². The molecular formula is C36H29BrN8O. The molecule has 1 N–H and O–H groups in total. The Hall–Kier alpha value is -5.37. The Balaban J connectivity index is 1.18. The van der Waals surface area contributed by atoms with E-state index in [4.69, 9.17) is 14.7 Å². The van der Waals surface area contributed by atoms with E-state index in [1.54, 1.807) is 24.4 Å². The van der Waals surface area contributed by atoms with E-state index in [1.807, 2.05) is 30.3 Å².